The molecule has 0 aliphatic carbocycles. The second-order valence-corrected chi connectivity index (χ2v) is 8.64. The summed E-state index contributed by atoms with van der Waals surface area (Å²) in [5.41, 5.74) is 0.897. The molecule has 3 aromatic heterocycles. The van der Waals surface area contributed by atoms with Crippen molar-refractivity contribution < 1.29 is 17.9 Å². The van der Waals surface area contributed by atoms with Gasteiger partial charge < -0.3 is 14.5 Å². The number of hydrogen-bond acceptors (Lipinski definition) is 8. The van der Waals surface area contributed by atoms with Gasteiger partial charge in [0.25, 0.3) is 0 Å². The van der Waals surface area contributed by atoms with Crippen LogP contribution in [0.5, 0.6) is 6.01 Å². The van der Waals surface area contributed by atoms with E-state index in [0.29, 0.717) is 10.7 Å². The number of nitrogens with one attached hydrogen (secondary N) is 2. The molecule has 174 valence electrons. The Balaban J connectivity index is 1.62. The molecular weight excluding hydrogens is 455 g/mol. The van der Waals surface area contributed by atoms with Crippen LogP contribution in [0.15, 0.2) is 30.6 Å². The maximum Gasteiger partial charge on any atom is 0.449 e. The summed E-state index contributed by atoms with van der Waals surface area (Å²) in [5, 5.41) is 16.3. The van der Waals surface area contributed by atoms with Crippen molar-refractivity contribution in [2.75, 3.05) is 24.5 Å². The van der Waals surface area contributed by atoms with Crippen LogP contribution in [0.25, 0.3) is 10.2 Å². The van der Waals surface area contributed by atoms with Gasteiger partial charge in [0.15, 0.2) is 0 Å². The number of aryl methyl sites for hydroxylation is 1. The summed E-state index contributed by atoms with van der Waals surface area (Å²) in [7, 11) is 0. The molecule has 4 rings (SSSR count). The second-order valence-electron chi connectivity index (χ2n) is 7.52. The quantitative estimate of drug-likeness (QED) is 0.406. The molecule has 0 spiro atoms. The Morgan fingerprint density at radius 3 is 2.64 bits per heavy atom. The highest BCUT2D eigenvalue weighted by molar-refractivity contribution is 7.18. The summed E-state index contributed by atoms with van der Waals surface area (Å²) in [6.45, 7) is 2.26. The van der Waals surface area contributed by atoms with Gasteiger partial charge in [-0.15, -0.1) is 11.3 Å². The molecule has 33 heavy (non-hydrogen) atoms. The minimum absolute atomic E-state index is 0.104. The number of piperazine rings is 1. The van der Waals surface area contributed by atoms with Crippen LogP contribution in [0, 0.1) is 10.8 Å². The first-order valence-corrected chi connectivity index (χ1v) is 11.2. The zero-order valence-corrected chi connectivity index (χ0v) is 18.6. The third kappa shape index (κ3) is 5.05. The van der Waals surface area contributed by atoms with E-state index in [4.69, 9.17) is 15.6 Å². The van der Waals surface area contributed by atoms with Crippen LogP contribution in [0.1, 0.15) is 23.8 Å². The molecule has 1 saturated heterocycles. The Bertz CT molecular complexity index is 1170. The van der Waals surface area contributed by atoms with E-state index >= 15 is 0 Å². The Morgan fingerprint density at radius 2 is 1.97 bits per heavy atom. The normalized spacial score (nSPS) is 14.7. The number of fused-ring (bicyclic) bond motifs is 1. The SMILES string of the molecule is CCCc1cc2c(N3CCN(C(=N)C(F)(F)F)C(=N)C3)nc(OCc3ccncc3)nc2s1. The van der Waals surface area contributed by atoms with Crippen LogP contribution in [0.3, 0.4) is 0 Å². The van der Waals surface area contributed by atoms with Gasteiger partial charge in [-0.25, -0.2) is 0 Å². The van der Waals surface area contributed by atoms with Crippen molar-refractivity contribution >= 4 is 39.0 Å². The average molecular weight is 478 g/mol. The van der Waals surface area contributed by atoms with Crippen molar-refractivity contribution in [2.45, 2.75) is 32.5 Å². The highest BCUT2D eigenvalue weighted by Crippen LogP contribution is 2.34. The van der Waals surface area contributed by atoms with E-state index in [2.05, 4.69) is 21.9 Å². The van der Waals surface area contributed by atoms with E-state index < -0.39 is 12.0 Å². The summed E-state index contributed by atoms with van der Waals surface area (Å²) >= 11 is 1.53. The lowest BCUT2D eigenvalue weighted by Gasteiger charge is -2.37. The van der Waals surface area contributed by atoms with Crippen molar-refractivity contribution in [1.82, 2.24) is 19.9 Å². The van der Waals surface area contributed by atoms with E-state index in [1.807, 2.05) is 18.2 Å². The molecule has 1 aliphatic heterocycles. The van der Waals surface area contributed by atoms with Crippen LogP contribution in [-0.2, 0) is 13.0 Å². The van der Waals surface area contributed by atoms with Gasteiger partial charge in [0, 0.05) is 30.4 Å². The van der Waals surface area contributed by atoms with Gasteiger partial charge in [-0.3, -0.25) is 15.8 Å². The van der Waals surface area contributed by atoms with Crippen molar-refractivity contribution in [2.24, 2.45) is 0 Å². The minimum Gasteiger partial charge on any atom is -0.459 e. The van der Waals surface area contributed by atoms with E-state index in [-0.39, 0.29) is 38.1 Å². The zero-order chi connectivity index (χ0) is 23.6. The highest BCUT2D eigenvalue weighted by atomic mass is 32.1. The van der Waals surface area contributed by atoms with Gasteiger partial charge >= 0.3 is 12.2 Å². The zero-order valence-electron chi connectivity index (χ0n) is 17.8. The summed E-state index contributed by atoms with van der Waals surface area (Å²) in [6.07, 6.45) is 0.360. The standard InChI is InChI=1S/C21H22F3N7OS/c1-2-3-14-10-15-17(30-8-9-31(16(25)11-30)19(26)21(22,23)24)28-20(29-18(15)33-14)32-12-13-4-6-27-7-5-13/h4-7,10,25-26H,2-3,8-9,11-12H2,1H3. The van der Waals surface area contributed by atoms with Gasteiger partial charge in [0.2, 0.25) is 5.84 Å². The molecule has 2 N–H and O–H groups in total. The third-order valence-electron chi connectivity index (χ3n) is 5.11. The Kier molecular flexibility index (Phi) is 6.45. The first kappa shape index (κ1) is 22.9. The first-order valence-electron chi connectivity index (χ1n) is 10.3. The van der Waals surface area contributed by atoms with Crippen LogP contribution in [0.4, 0.5) is 19.0 Å². The topological polar surface area (TPSA) is 102 Å². The average Bonchev–Trinajstić information content (AvgIpc) is 3.19. The largest absolute Gasteiger partial charge is 0.459 e. The molecule has 8 nitrogen and oxygen atoms in total. The Morgan fingerprint density at radius 1 is 1.21 bits per heavy atom. The number of anilines is 1. The van der Waals surface area contributed by atoms with E-state index in [1.165, 1.54) is 11.3 Å². The van der Waals surface area contributed by atoms with E-state index in [1.54, 1.807) is 17.3 Å². The van der Waals surface area contributed by atoms with Crippen molar-refractivity contribution in [3.05, 3.63) is 41.0 Å². The summed E-state index contributed by atoms with van der Waals surface area (Å²) in [5.74, 6) is -1.31. The Hall–Kier alpha value is -3.28. The van der Waals surface area contributed by atoms with E-state index in [9.17, 15) is 13.2 Å². The maximum absolute atomic E-state index is 13.0. The molecule has 1 fully saturated rings. The number of alkyl halides is 3. The lowest BCUT2D eigenvalue weighted by Crippen LogP contribution is -2.55. The van der Waals surface area contributed by atoms with Crippen molar-refractivity contribution in [1.29, 1.82) is 10.8 Å². The molecule has 3 aromatic rings. The number of rotatable bonds is 6. The number of hydrogen-bond donors (Lipinski definition) is 2. The smallest absolute Gasteiger partial charge is 0.449 e. The number of amidine groups is 2. The fourth-order valence-electron chi connectivity index (χ4n) is 3.52. The molecule has 0 bridgehead atoms. The highest BCUT2D eigenvalue weighted by Gasteiger charge is 2.41. The molecule has 0 amide bonds. The predicted molar refractivity (Wildman–Crippen MR) is 120 cm³/mol. The molecular formula is C21H22F3N7OS. The molecule has 12 heteroatoms. The fraction of sp³-hybridized carbons (Fsp3) is 0.381. The molecule has 0 unspecified atom stereocenters. The summed E-state index contributed by atoms with van der Waals surface area (Å²) in [6, 6.07) is 5.80. The van der Waals surface area contributed by atoms with Crippen molar-refractivity contribution in [3.8, 4) is 6.01 Å². The lowest BCUT2D eigenvalue weighted by atomic mass is 10.2. The molecule has 0 atom stereocenters. The van der Waals surface area contributed by atoms with Gasteiger partial charge in [-0.1, -0.05) is 13.3 Å². The third-order valence-corrected chi connectivity index (χ3v) is 6.20. The lowest BCUT2D eigenvalue weighted by molar-refractivity contribution is -0.0671. The van der Waals surface area contributed by atoms with E-state index in [0.717, 1.165) is 33.5 Å². The minimum atomic E-state index is -4.80. The fourth-order valence-corrected chi connectivity index (χ4v) is 4.64. The maximum atomic E-state index is 13.0. The molecule has 4 heterocycles. The molecule has 1 aliphatic rings. The molecule has 0 aromatic carbocycles. The monoisotopic (exact) mass is 477 g/mol. The predicted octanol–water partition coefficient (Wildman–Crippen LogP) is 4.26. The summed E-state index contributed by atoms with van der Waals surface area (Å²) < 4.78 is 44.7. The van der Waals surface area contributed by atoms with Crippen molar-refractivity contribution in [3.63, 3.8) is 0 Å². The van der Waals surface area contributed by atoms with Crippen LogP contribution in [0.2, 0.25) is 0 Å². The van der Waals surface area contributed by atoms with Crippen LogP contribution < -0.4 is 9.64 Å². The van der Waals surface area contributed by atoms with Crippen LogP contribution in [-0.4, -0.2) is 57.3 Å². The number of thiophene rings is 1. The summed E-state index contributed by atoms with van der Waals surface area (Å²) in [4.78, 5) is 17.4. The first-order chi connectivity index (χ1) is 15.8. The van der Waals surface area contributed by atoms with Gasteiger partial charge in [0.05, 0.1) is 11.9 Å². The molecule has 0 saturated carbocycles. The Labute approximate surface area is 192 Å². The van der Waals surface area contributed by atoms with Gasteiger partial charge in [0.1, 0.15) is 23.1 Å². The number of pyridine rings is 1. The van der Waals surface area contributed by atoms with Gasteiger partial charge in [-0.05, 0) is 30.2 Å². The number of halogens is 3. The van der Waals surface area contributed by atoms with Crippen LogP contribution >= 0.6 is 11.3 Å². The second kappa shape index (κ2) is 9.30. The number of aromatic nitrogens is 3. The number of ether oxygens (including phenoxy) is 1. The molecule has 0 radical (unpaired) electrons. The van der Waals surface area contributed by atoms with Gasteiger partial charge in [-0.2, -0.15) is 23.1 Å². The number of nitrogens with zero attached hydrogens (tertiary/aromatic N) is 5.